The van der Waals surface area contributed by atoms with Gasteiger partial charge in [-0.25, -0.2) is 4.79 Å². The van der Waals surface area contributed by atoms with Crippen LogP contribution in [0.1, 0.15) is 52.2 Å². The van der Waals surface area contributed by atoms with Gasteiger partial charge in [0.05, 0.1) is 6.04 Å². The van der Waals surface area contributed by atoms with Gasteiger partial charge in [0.25, 0.3) is 5.91 Å². The van der Waals surface area contributed by atoms with Gasteiger partial charge in [-0.2, -0.15) is 0 Å². The van der Waals surface area contributed by atoms with Crippen molar-refractivity contribution in [1.29, 1.82) is 0 Å². The van der Waals surface area contributed by atoms with E-state index in [0.717, 1.165) is 24.8 Å². The fourth-order valence-electron chi connectivity index (χ4n) is 6.08. The normalized spacial score (nSPS) is 19.9. The molecule has 2 bridgehead atoms. The van der Waals surface area contributed by atoms with Crippen molar-refractivity contribution in [3.63, 3.8) is 0 Å². The number of hydrogen-bond donors (Lipinski definition) is 0. The average Bonchev–Trinajstić information content (AvgIpc) is 3.37. The molecule has 1 fully saturated rings. The summed E-state index contributed by atoms with van der Waals surface area (Å²) in [5.74, 6) is 0.0685. The Morgan fingerprint density at radius 3 is 2.14 bits per heavy atom. The molecule has 0 N–H and O–H groups in total. The first-order valence-electron chi connectivity index (χ1n) is 12.7. The van der Waals surface area contributed by atoms with Crippen molar-refractivity contribution >= 4 is 17.6 Å². The molecule has 2 unspecified atom stereocenters. The monoisotopic (exact) mass is 478 g/mol. The maximum atomic E-state index is 13.3. The zero-order valence-electron chi connectivity index (χ0n) is 20.7. The van der Waals surface area contributed by atoms with Gasteiger partial charge in [0.15, 0.2) is 0 Å². The second-order valence-electron chi connectivity index (χ2n) is 10.2. The lowest BCUT2D eigenvalue weighted by molar-refractivity contribution is 0.0826. The molecule has 1 aliphatic carbocycles. The van der Waals surface area contributed by atoms with Gasteiger partial charge in [0.1, 0.15) is 6.61 Å². The van der Waals surface area contributed by atoms with Crippen molar-refractivity contribution in [2.75, 3.05) is 20.7 Å². The third kappa shape index (κ3) is 3.79. The van der Waals surface area contributed by atoms with Gasteiger partial charge in [-0.3, -0.25) is 9.69 Å². The smallest absolute Gasteiger partial charge is 0.410 e. The number of rotatable bonds is 4. The van der Waals surface area contributed by atoms with Crippen LogP contribution in [-0.4, -0.2) is 54.6 Å². The third-order valence-electron chi connectivity index (χ3n) is 7.85. The minimum Gasteiger partial charge on any atom is -0.448 e. The zero-order valence-corrected chi connectivity index (χ0v) is 20.7. The van der Waals surface area contributed by atoms with E-state index in [1.54, 1.807) is 19.0 Å². The van der Waals surface area contributed by atoms with Gasteiger partial charge >= 0.3 is 6.09 Å². The second-order valence-corrected chi connectivity index (χ2v) is 10.2. The van der Waals surface area contributed by atoms with Crippen LogP contribution in [0.15, 0.2) is 78.9 Å². The molecule has 182 valence electrons. The highest BCUT2D eigenvalue weighted by molar-refractivity contribution is 5.94. The van der Waals surface area contributed by atoms with E-state index in [4.69, 9.17) is 4.74 Å². The van der Waals surface area contributed by atoms with Gasteiger partial charge in [0.2, 0.25) is 0 Å². The highest BCUT2D eigenvalue weighted by atomic mass is 16.6. The fraction of sp³-hybridized carbons (Fsp3) is 0.290. The van der Waals surface area contributed by atoms with Gasteiger partial charge in [-0.1, -0.05) is 66.7 Å². The highest BCUT2D eigenvalue weighted by Gasteiger charge is 2.41. The van der Waals surface area contributed by atoms with Crippen molar-refractivity contribution in [1.82, 2.24) is 9.80 Å². The summed E-state index contributed by atoms with van der Waals surface area (Å²) in [6, 6.07) is 24.8. The number of carbonyl (C=O) groups excluding carboxylic acids is 2. The number of ether oxygens (including phenoxy) is 1. The van der Waals surface area contributed by atoms with E-state index in [1.165, 1.54) is 27.8 Å². The fourth-order valence-corrected chi connectivity index (χ4v) is 6.08. The Balaban J connectivity index is 1.16. The number of benzene rings is 3. The molecule has 3 aromatic rings. The van der Waals surface area contributed by atoms with Crippen LogP contribution in [0.2, 0.25) is 0 Å². The molecule has 0 saturated carbocycles. The van der Waals surface area contributed by atoms with Crippen LogP contribution in [0.25, 0.3) is 16.7 Å². The van der Waals surface area contributed by atoms with E-state index in [9.17, 15) is 9.59 Å². The molecule has 5 heteroatoms. The number of amides is 2. The molecule has 5 nitrogen and oxygen atoms in total. The van der Waals surface area contributed by atoms with Crippen LogP contribution >= 0.6 is 0 Å². The van der Waals surface area contributed by atoms with Crippen molar-refractivity contribution in [2.24, 2.45) is 0 Å². The third-order valence-corrected chi connectivity index (χ3v) is 7.85. The van der Waals surface area contributed by atoms with E-state index in [2.05, 4.69) is 54.6 Å². The lowest BCUT2D eigenvalue weighted by Gasteiger charge is -2.33. The number of nitrogens with zero attached hydrogens (tertiary/aromatic N) is 2. The van der Waals surface area contributed by atoms with E-state index < -0.39 is 0 Å². The summed E-state index contributed by atoms with van der Waals surface area (Å²) in [7, 11) is 3.52. The van der Waals surface area contributed by atoms with Crippen molar-refractivity contribution < 1.29 is 14.3 Å². The summed E-state index contributed by atoms with van der Waals surface area (Å²) in [6.45, 7) is 0.348. The molecule has 3 aliphatic rings. The second kappa shape index (κ2) is 8.98. The predicted octanol–water partition coefficient (Wildman–Crippen LogP) is 5.96. The first-order valence-corrected chi connectivity index (χ1v) is 12.7. The van der Waals surface area contributed by atoms with Gasteiger partial charge < -0.3 is 9.64 Å². The van der Waals surface area contributed by atoms with Crippen molar-refractivity contribution in [3.8, 4) is 11.1 Å². The number of carbonyl (C=O) groups is 2. The van der Waals surface area contributed by atoms with E-state index >= 15 is 0 Å². The maximum absolute atomic E-state index is 13.3. The first-order chi connectivity index (χ1) is 17.5. The molecular formula is C31H30N2O3. The summed E-state index contributed by atoms with van der Waals surface area (Å²) in [6.07, 6.45) is 4.74. The molecule has 0 aromatic heterocycles. The van der Waals surface area contributed by atoms with Crippen LogP contribution in [-0.2, 0) is 4.74 Å². The summed E-state index contributed by atoms with van der Waals surface area (Å²) < 4.78 is 5.98. The van der Waals surface area contributed by atoms with Crippen LogP contribution in [0.3, 0.4) is 0 Å². The molecule has 0 spiro atoms. The molecule has 2 atom stereocenters. The summed E-state index contributed by atoms with van der Waals surface area (Å²) in [4.78, 5) is 29.0. The van der Waals surface area contributed by atoms with Crippen molar-refractivity contribution in [2.45, 2.75) is 37.3 Å². The SMILES string of the molecule is CN(C)C(=O)c1ccc(C2=CC3CCC(C2)N3C(=O)OCC2c3ccccc3-c3ccccc32)cc1. The molecule has 3 aromatic carbocycles. The molecule has 2 amide bonds. The Kier molecular flexibility index (Phi) is 5.63. The number of fused-ring (bicyclic) bond motifs is 5. The number of hydrogen-bond acceptors (Lipinski definition) is 3. The van der Waals surface area contributed by atoms with E-state index in [1.807, 2.05) is 29.2 Å². The Bertz CT molecular complexity index is 1310. The van der Waals surface area contributed by atoms with Gasteiger partial charge in [0, 0.05) is 31.6 Å². The molecule has 2 heterocycles. The Morgan fingerprint density at radius 2 is 1.53 bits per heavy atom. The minimum atomic E-state index is -0.216. The van der Waals surface area contributed by atoms with Crippen LogP contribution in [0.5, 0.6) is 0 Å². The average molecular weight is 479 g/mol. The molecular weight excluding hydrogens is 448 g/mol. The zero-order chi connectivity index (χ0) is 24.8. The van der Waals surface area contributed by atoms with E-state index in [-0.39, 0.29) is 30.0 Å². The Labute approximate surface area is 212 Å². The lowest BCUT2D eigenvalue weighted by Crippen LogP contribution is -2.43. The predicted molar refractivity (Wildman–Crippen MR) is 141 cm³/mol. The minimum absolute atomic E-state index is 0.000624. The maximum Gasteiger partial charge on any atom is 0.410 e. The van der Waals surface area contributed by atoms with Gasteiger partial charge in [-0.05, 0) is 64.8 Å². The Hall–Kier alpha value is -3.86. The quantitative estimate of drug-likeness (QED) is 0.465. The molecule has 2 aliphatic heterocycles. The lowest BCUT2D eigenvalue weighted by atomic mass is 9.94. The van der Waals surface area contributed by atoms with Crippen LogP contribution < -0.4 is 0 Å². The van der Waals surface area contributed by atoms with Crippen LogP contribution in [0.4, 0.5) is 4.79 Å². The summed E-state index contributed by atoms with van der Waals surface area (Å²) in [5.41, 5.74) is 7.97. The molecule has 1 saturated heterocycles. The Morgan fingerprint density at radius 1 is 0.889 bits per heavy atom. The standard InChI is InChI=1S/C31H30N2O3/c1-32(2)30(34)21-13-11-20(12-14-21)22-17-23-15-16-24(18-22)33(23)31(35)36-19-29-27-9-5-3-7-25(27)26-8-4-6-10-28(26)29/h3-14,17,23-24,29H,15-16,18-19H2,1-2H3. The largest absolute Gasteiger partial charge is 0.448 e. The van der Waals surface area contributed by atoms with Crippen LogP contribution in [0, 0.1) is 0 Å². The van der Waals surface area contributed by atoms with Crippen molar-refractivity contribution in [3.05, 3.63) is 101 Å². The molecule has 36 heavy (non-hydrogen) atoms. The highest BCUT2D eigenvalue weighted by Crippen LogP contribution is 2.45. The topological polar surface area (TPSA) is 49.9 Å². The van der Waals surface area contributed by atoms with E-state index in [0.29, 0.717) is 12.2 Å². The molecule has 0 radical (unpaired) electrons. The first kappa shape index (κ1) is 22.6. The summed E-state index contributed by atoms with van der Waals surface area (Å²) >= 11 is 0. The molecule has 6 rings (SSSR count). The summed E-state index contributed by atoms with van der Waals surface area (Å²) in [5, 5.41) is 0. The van der Waals surface area contributed by atoms with Gasteiger partial charge in [-0.15, -0.1) is 0 Å².